The molecule has 1 unspecified atom stereocenters. The van der Waals surface area contributed by atoms with Crippen LogP contribution in [0.15, 0.2) is 0 Å². The molecule has 1 nitrogen and oxygen atoms in total. The molecule has 13 heavy (non-hydrogen) atoms. The Morgan fingerprint density at radius 1 is 1.38 bits per heavy atom. The Morgan fingerprint density at radius 2 is 2.08 bits per heavy atom. The maximum atomic E-state index is 5.76. The van der Waals surface area contributed by atoms with Gasteiger partial charge in [0.2, 0.25) is 0 Å². The molecular formula is C11H22ClN. The number of hydrogen-bond donors (Lipinski definition) is 0. The van der Waals surface area contributed by atoms with Gasteiger partial charge < -0.3 is 4.90 Å². The maximum absolute atomic E-state index is 5.76. The van der Waals surface area contributed by atoms with E-state index in [-0.39, 0.29) is 0 Å². The lowest BCUT2D eigenvalue weighted by Crippen LogP contribution is -2.32. The van der Waals surface area contributed by atoms with Gasteiger partial charge in [0.15, 0.2) is 0 Å². The van der Waals surface area contributed by atoms with Crippen LogP contribution in [0, 0.1) is 5.92 Å². The van der Waals surface area contributed by atoms with Crippen molar-refractivity contribution in [2.24, 2.45) is 5.92 Å². The summed E-state index contributed by atoms with van der Waals surface area (Å²) in [5.41, 5.74) is 0. The van der Waals surface area contributed by atoms with Crippen LogP contribution in [-0.2, 0) is 0 Å². The molecule has 0 aromatic carbocycles. The van der Waals surface area contributed by atoms with E-state index >= 15 is 0 Å². The Hall–Kier alpha value is 0.250. The van der Waals surface area contributed by atoms with Gasteiger partial charge in [0.25, 0.3) is 0 Å². The Balaban J connectivity index is 2.30. The van der Waals surface area contributed by atoms with Gasteiger partial charge in [-0.05, 0) is 38.1 Å². The molecule has 0 bridgehead atoms. The van der Waals surface area contributed by atoms with Gasteiger partial charge in [-0.3, -0.25) is 0 Å². The standard InChI is InChI=1S/C11H22ClN/c1-3-11(4-2)13-8-6-10(9-13)5-7-12/h10-11H,3-9H2,1-2H3. The summed E-state index contributed by atoms with van der Waals surface area (Å²) >= 11 is 5.76. The fourth-order valence-corrected chi connectivity index (χ4v) is 2.70. The van der Waals surface area contributed by atoms with E-state index in [1.165, 1.54) is 38.8 Å². The second-order valence-electron chi connectivity index (χ2n) is 4.10. The van der Waals surface area contributed by atoms with Crippen molar-refractivity contribution in [2.45, 2.75) is 45.6 Å². The molecule has 1 aliphatic rings. The van der Waals surface area contributed by atoms with E-state index in [1.807, 2.05) is 0 Å². The minimum atomic E-state index is 0.820. The highest BCUT2D eigenvalue weighted by Crippen LogP contribution is 2.23. The van der Waals surface area contributed by atoms with Crippen molar-refractivity contribution < 1.29 is 0 Å². The van der Waals surface area contributed by atoms with Crippen molar-refractivity contribution in [3.05, 3.63) is 0 Å². The topological polar surface area (TPSA) is 3.24 Å². The summed E-state index contributed by atoms with van der Waals surface area (Å²) in [5.74, 6) is 1.71. The summed E-state index contributed by atoms with van der Waals surface area (Å²) in [6, 6.07) is 0.820. The first-order valence-corrected chi connectivity index (χ1v) is 6.15. The van der Waals surface area contributed by atoms with Crippen molar-refractivity contribution >= 4 is 11.6 Å². The smallest absolute Gasteiger partial charge is 0.0226 e. The number of nitrogens with zero attached hydrogens (tertiary/aromatic N) is 1. The van der Waals surface area contributed by atoms with Gasteiger partial charge in [0.05, 0.1) is 0 Å². The predicted molar refractivity (Wildman–Crippen MR) is 59.4 cm³/mol. The monoisotopic (exact) mass is 203 g/mol. The van der Waals surface area contributed by atoms with Crippen LogP contribution in [0.3, 0.4) is 0 Å². The average molecular weight is 204 g/mol. The molecule has 0 aromatic rings. The number of likely N-dealkylation sites (tertiary alicyclic amines) is 1. The minimum absolute atomic E-state index is 0.820. The van der Waals surface area contributed by atoms with Crippen LogP contribution in [-0.4, -0.2) is 29.9 Å². The highest BCUT2D eigenvalue weighted by Gasteiger charge is 2.25. The molecule has 1 rings (SSSR count). The zero-order valence-electron chi connectivity index (χ0n) is 8.93. The highest BCUT2D eigenvalue weighted by molar-refractivity contribution is 6.17. The van der Waals surface area contributed by atoms with Crippen LogP contribution >= 0.6 is 11.6 Å². The Morgan fingerprint density at radius 3 is 2.62 bits per heavy atom. The summed E-state index contributed by atoms with van der Waals surface area (Å²) in [5, 5.41) is 0. The molecule has 2 heteroatoms. The summed E-state index contributed by atoms with van der Waals surface area (Å²) in [7, 11) is 0. The third-order valence-corrected chi connectivity index (χ3v) is 3.51. The second-order valence-corrected chi connectivity index (χ2v) is 4.48. The molecule has 0 aliphatic carbocycles. The molecule has 1 saturated heterocycles. The molecule has 0 spiro atoms. The van der Waals surface area contributed by atoms with Crippen molar-refractivity contribution in [3.8, 4) is 0 Å². The fourth-order valence-electron chi connectivity index (χ4n) is 2.39. The molecule has 0 N–H and O–H groups in total. The molecule has 1 heterocycles. The molecule has 0 aromatic heterocycles. The zero-order valence-corrected chi connectivity index (χ0v) is 9.69. The van der Waals surface area contributed by atoms with Crippen LogP contribution in [0.1, 0.15) is 39.5 Å². The maximum Gasteiger partial charge on any atom is 0.0226 e. The largest absolute Gasteiger partial charge is 0.300 e. The number of halogens is 1. The lowest BCUT2D eigenvalue weighted by atomic mass is 10.1. The van der Waals surface area contributed by atoms with Crippen LogP contribution < -0.4 is 0 Å². The van der Waals surface area contributed by atoms with Gasteiger partial charge in [0.1, 0.15) is 0 Å². The first-order chi connectivity index (χ1) is 6.31. The molecule has 78 valence electrons. The van der Waals surface area contributed by atoms with Crippen LogP contribution in [0.25, 0.3) is 0 Å². The molecule has 0 radical (unpaired) electrons. The van der Waals surface area contributed by atoms with Crippen LogP contribution in [0.4, 0.5) is 0 Å². The first-order valence-electron chi connectivity index (χ1n) is 5.61. The Kier molecular flexibility index (Phi) is 5.12. The van der Waals surface area contributed by atoms with Gasteiger partial charge >= 0.3 is 0 Å². The normalized spacial score (nSPS) is 24.5. The van der Waals surface area contributed by atoms with E-state index in [9.17, 15) is 0 Å². The van der Waals surface area contributed by atoms with Gasteiger partial charge in [-0.2, -0.15) is 0 Å². The van der Waals surface area contributed by atoms with Crippen molar-refractivity contribution in [3.63, 3.8) is 0 Å². The van der Waals surface area contributed by atoms with Crippen LogP contribution in [0.2, 0.25) is 0 Å². The lowest BCUT2D eigenvalue weighted by molar-refractivity contribution is 0.221. The number of hydrogen-bond acceptors (Lipinski definition) is 1. The van der Waals surface area contributed by atoms with Gasteiger partial charge in [-0.1, -0.05) is 13.8 Å². The SMILES string of the molecule is CCC(CC)N1CCC(CCCl)C1. The summed E-state index contributed by atoms with van der Waals surface area (Å²) in [6.07, 6.45) is 5.16. The van der Waals surface area contributed by atoms with E-state index < -0.39 is 0 Å². The summed E-state index contributed by atoms with van der Waals surface area (Å²) < 4.78 is 0. The first kappa shape index (κ1) is 11.3. The zero-order chi connectivity index (χ0) is 9.68. The van der Waals surface area contributed by atoms with Gasteiger partial charge in [0, 0.05) is 18.5 Å². The molecule has 0 saturated carbocycles. The lowest BCUT2D eigenvalue weighted by Gasteiger charge is -2.25. The molecule has 1 aliphatic heterocycles. The third-order valence-electron chi connectivity index (χ3n) is 3.29. The number of alkyl halides is 1. The van der Waals surface area contributed by atoms with Gasteiger partial charge in [-0.25, -0.2) is 0 Å². The van der Waals surface area contributed by atoms with E-state index in [0.29, 0.717) is 0 Å². The van der Waals surface area contributed by atoms with Crippen LogP contribution in [0.5, 0.6) is 0 Å². The second kappa shape index (κ2) is 5.87. The quantitative estimate of drug-likeness (QED) is 0.621. The Labute approximate surface area is 87.4 Å². The predicted octanol–water partition coefficient (Wildman–Crippen LogP) is 3.13. The molecular weight excluding hydrogens is 182 g/mol. The summed E-state index contributed by atoms with van der Waals surface area (Å²) in [4.78, 5) is 2.65. The molecule has 0 amide bonds. The van der Waals surface area contributed by atoms with Crippen molar-refractivity contribution in [2.75, 3.05) is 19.0 Å². The van der Waals surface area contributed by atoms with Crippen molar-refractivity contribution in [1.29, 1.82) is 0 Å². The van der Waals surface area contributed by atoms with E-state index in [1.54, 1.807) is 0 Å². The van der Waals surface area contributed by atoms with Gasteiger partial charge in [-0.15, -0.1) is 11.6 Å². The van der Waals surface area contributed by atoms with Crippen molar-refractivity contribution in [1.82, 2.24) is 4.90 Å². The number of rotatable bonds is 5. The molecule has 1 atom stereocenters. The van der Waals surface area contributed by atoms with E-state index in [2.05, 4.69) is 18.7 Å². The summed E-state index contributed by atoms with van der Waals surface area (Å²) in [6.45, 7) is 7.18. The fraction of sp³-hybridized carbons (Fsp3) is 1.00. The molecule has 1 fully saturated rings. The van der Waals surface area contributed by atoms with E-state index in [0.717, 1.165) is 17.8 Å². The van der Waals surface area contributed by atoms with E-state index in [4.69, 9.17) is 11.6 Å². The minimum Gasteiger partial charge on any atom is -0.300 e. The Bertz CT molecular complexity index is 134. The average Bonchev–Trinajstić information content (AvgIpc) is 2.56. The highest BCUT2D eigenvalue weighted by atomic mass is 35.5. The third kappa shape index (κ3) is 3.14.